The minimum absolute atomic E-state index is 0.0376. The fourth-order valence-electron chi connectivity index (χ4n) is 5.20. The first kappa shape index (κ1) is 27.4. The fourth-order valence-corrected chi connectivity index (χ4v) is 5.20. The second-order valence-corrected chi connectivity index (χ2v) is 10.1. The van der Waals surface area contributed by atoms with Crippen molar-refractivity contribution in [3.05, 3.63) is 101 Å². The quantitative estimate of drug-likeness (QED) is 0.235. The van der Waals surface area contributed by atoms with Gasteiger partial charge in [0.15, 0.2) is 0 Å². The first-order valence-corrected chi connectivity index (χ1v) is 13.6. The van der Waals surface area contributed by atoms with Gasteiger partial charge in [0.25, 0.3) is 11.7 Å². The van der Waals surface area contributed by atoms with Gasteiger partial charge in [-0.3, -0.25) is 14.5 Å². The summed E-state index contributed by atoms with van der Waals surface area (Å²) in [6.07, 6.45) is 0.675. The van der Waals surface area contributed by atoms with Crippen LogP contribution in [-0.4, -0.2) is 71.1 Å². The van der Waals surface area contributed by atoms with Gasteiger partial charge in [0.1, 0.15) is 23.9 Å². The summed E-state index contributed by atoms with van der Waals surface area (Å²) >= 11 is 0. The van der Waals surface area contributed by atoms with E-state index < -0.39 is 17.7 Å². The number of phenolic OH excluding ortho intramolecular Hbond substituents is 1. The van der Waals surface area contributed by atoms with E-state index in [9.17, 15) is 19.8 Å². The molecule has 2 aliphatic heterocycles. The van der Waals surface area contributed by atoms with Gasteiger partial charge in [0.2, 0.25) is 0 Å². The van der Waals surface area contributed by atoms with Gasteiger partial charge in [-0.2, -0.15) is 0 Å². The normalized spacial score (nSPS) is 19.2. The summed E-state index contributed by atoms with van der Waals surface area (Å²) in [4.78, 5) is 30.3. The number of aryl methyl sites for hydroxylation is 1. The Kier molecular flexibility index (Phi) is 8.48. The molecule has 2 N–H and O–H groups in total. The molecular formula is C32H34N2O6. The molecule has 0 bridgehead atoms. The smallest absolute Gasteiger partial charge is 0.295 e. The van der Waals surface area contributed by atoms with Crippen LogP contribution in [0.2, 0.25) is 0 Å². The third-order valence-corrected chi connectivity index (χ3v) is 7.51. The third kappa shape index (κ3) is 6.03. The number of aliphatic hydroxyl groups excluding tert-OH is 1. The van der Waals surface area contributed by atoms with Crippen LogP contribution in [0.15, 0.2) is 78.4 Å². The van der Waals surface area contributed by atoms with Crippen molar-refractivity contribution in [2.45, 2.75) is 26.0 Å². The standard InChI is InChI=1S/C32H34N2O6/c1-22-5-2-3-6-25(22)21-40-27-13-9-24(10-14-27)30(36)28-29(23-7-11-26(35)12-8-23)34(32(38)31(28)37)16-4-15-33-17-19-39-20-18-33/h2-3,5-14,29,35-36H,4,15-21H2,1H3/t29-/m1/s1. The van der Waals surface area contributed by atoms with E-state index in [1.807, 2.05) is 31.2 Å². The number of Topliss-reactive ketones (excluding diaryl/α,β-unsaturated/α-hetero) is 1. The number of aliphatic hydroxyl groups is 1. The molecule has 40 heavy (non-hydrogen) atoms. The Morgan fingerprint density at radius 2 is 1.65 bits per heavy atom. The molecule has 5 rings (SSSR count). The van der Waals surface area contributed by atoms with Crippen LogP contribution < -0.4 is 4.74 Å². The first-order valence-electron chi connectivity index (χ1n) is 13.6. The molecule has 0 unspecified atom stereocenters. The number of hydrogen-bond donors (Lipinski definition) is 2. The molecule has 3 aromatic rings. The summed E-state index contributed by atoms with van der Waals surface area (Å²) in [6.45, 7) is 6.63. The maximum Gasteiger partial charge on any atom is 0.295 e. The molecule has 1 atom stereocenters. The van der Waals surface area contributed by atoms with Crippen LogP contribution in [0.1, 0.15) is 34.7 Å². The Balaban J connectivity index is 1.38. The van der Waals surface area contributed by atoms with Crippen molar-refractivity contribution in [2.75, 3.05) is 39.4 Å². The van der Waals surface area contributed by atoms with Crippen molar-refractivity contribution in [2.24, 2.45) is 0 Å². The third-order valence-electron chi connectivity index (χ3n) is 7.51. The van der Waals surface area contributed by atoms with Crippen molar-refractivity contribution in [3.8, 4) is 11.5 Å². The van der Waals surface area contributed by atoms with Gasteiger partial charge in [-0.05, 0) is 66.4 Å². The Hall–Kier alpha value is -4.14. The highest BCUT2D eigenvalue weighted by atomic mass is 16.5. The van der Waals surface area contributed by atoms with Crippen molar-refractivity contribution in [1.29, 1.82) is 0 Å². The monoisotopic (exact) mass is 542 g/mol. The van der Waals surface area contributed by atoms with E-state index in [2.05, 4.69) is 4.90 Å². The summed E-state index contributed by atoms with van der Waals surface area (Å²) in [5.41, 5.74) is 3.31. The molecule has 0 aliphatic carbocycles. The Morgan fingerprint density at radius 1 is 0.950 bits per heavy atom. The number of rotatable bonds is 9. The van der Waals surface area contributed by atoms with E-state index in [0.29, 0.717) is 49.7 Å². The lowest BCUT2D eigenvalue weighted by atomic mass is 9.95. The van der Waals surface area contributed by atoms with E-state index >= 15 is 0 Å². The molecule has 0 saturated carbocycles. The zero-order valence-electron chi connectivity index (χ0n) is 22.6. The molecule has 2 fully saturated rings. The molecular weight excluding hydrogens is 508 g/mol. The van der Waals surface area contributed by atoms with Crippen LogP contribution in [0.4, 0.5) is 0 Å². The molecule has 2 saturated heterocycles. The van der Waals surface area contributed by atoms with Gasteiger partial charge < -0.3 is 24.6 Å². The second kappa shape index (κ2) is 12.4. The summed E-state index contributed by atoms with van der Waals surface area (Å²) in [7, 11) is 0. The lowest BCUT2D eigenvalue weighted by molar-refractivity contribution is -0.140. The molecule has 0 aromatic heterocycles. The van der Waals surface area contributed by atoms with Gasteiger partial charge in [0, 0.05) is 31.7 Å². The van der Waals surface area contributed by atoms with Crippen LogP contribution in [0.25, 0.3) is 5.76 Å². The Morgan fingerprint density at radius 3 is 2.35 bits per heavy atom. The van der Waals surface area contributed by atoms with E-state index in [0.717, 1.165) is 30.8 Å². The van der Waals surface area contributed by atoms with Crippen LogP contribution in [0, 0.1) is 6.92 Å². The number of nitrogens with zero attached hydrogens (tertiary/aromatic N) is 2. The topological polar surface area (TPSA) is 99.5 Å². The van der Waals surface area contributed by atoms with Crippen molar-refractivity contribution >= 4 is 17.4 Å². The number of morpholine rings is 1. The molecule has 0 spiro atoms. The summed E-state index contributed by atoms with van der Waals surface area (Å²) in [6, 6.07) is 20.5. The molecule has 2 aliphatic rings. The van der Waals surface area contributed by atoms with E-state index in [4.69, 9.17) is 9.47 Å². The van der Waals surface area contributed by atoms with Crippen molar-refractivity contribution in [1.82, 2.24) is 9.80 Å². The van der Waals surface area contributed by atoms with E-state index in [-0.39, 0.29) is 17.1 Å². The maximum atomic E-state index is 13.3. The van der Waals surface area contributed by atoms with E-state index in [1.54, 1.807) is 36.4 Å². The molecule has 3 aromatic carbocycles. The lowest BCUT2D eigenvalue weighted by Crippen LogP contribution is -2.38. The van der Waals surface area contributed by atoms with Crippen LogP contribution >= 0.6 is 0 Å². The lowest BCUT2D eigenvalue weighted by Gasteiger charge is -2.29. The van der Waals surface area contributed by atoms with Gasteiger partial charge >= 0.3 is 0 Å². The maximum absolute atomic E-state index is 13.3. The largest absolute Gasteiger partial charge is 0.508 e. The first-order chi connectivity index (χ1) is 19.4. The summed E-state index contributed by atoms with van der Waals surface area (Å²) < 4.78 is 11.3. The average Bonchev–Trinajstić information content (AvgIpc) is 3.23. The highest BCUT2D eigenvalue weighted by Gasteiger charge is 2.45. The second-order valence-electron chi connectivity index (χ2n) is 10.1. The highest BCUT2D eigenvalue weighted by molar-refractivity contribution is 6.46. The Labute approximate surface area is 234 Å². The van der Waals surface area contributed by atoms with E-state index in [1.165, 1.54) is 17.0 Å². The molecule has 2 heterocycles. The Bertz CT molecular complexity index is 1380. The van der Waals surface area contributed by atoms with Crippen molar-refractivity contribution < 1.29 is 29.3 Å². The zero-order chi connectivity index (χ0) is 28.1. The number of likely N-dealkylation sites (tertiary alicyclic amines) is 1. The average molecular weight is 543 g/mol. The zero-order valence-corrected chi connectivity index (χ0v) is 22.6. The van der Waals surface area contributed by atoms with Crippen molar-refractivity contribution in [3.63, 3.8) is 0 Å². The number of benzene rings is 3. The van der Waals surface area contributed by atoms with Gasteiger partial charge in [-0.1, -0.05) is 36.4 Å². The van der Waals surface area contributed by atoms with Gasteiger partial charge in [0.05, 0.1) is 24.8 Å². The molecule has 0 radical (unpaired) electrons. The van der Waals surface area contributed by atoms with Gasteiger partial charge in [-0.25, -0.2) is 0 Å². The minimum Gasteiger partial charge on any atom is -0.508 e. The minimum atomic E-state index is -0.762. The molecule has 1 amide bonds. The summed E-state index contributed by atoms with van der Waals surface area (Å²) in [5.74, 6) is -0.896. The number of ketones is 1. The number of carbonyl (C=O) groups is 2. The predicted molar refractivity (Wildman–Crippen MR) is 151 cm³/mol. The number of carbonyl (C=O) groups excluding carboxylic acids is 2. The fraction of sp³-hybridized carbons (Fsp3) is 0.312. The molecule has 8 heteroatoms. The number of aromatic hydroxyl groups is 1. The number of phenols is 1. The van der Waals surface area contributed by atoms with Crippen LogP contribution in [0.3, 0.4) is 0 Å². The highest BCUT2D eigenvalue weighted by Crippen LogP contribution is 2.40. The van der Waals surface area contributed by atoms with Crippen LogP contribution in [-0.2, 0) is 20.9 Å². The van der Waals surface area contributed by atoms with Gasteiger partial charge in [-0.15, -0.1) is 0 Å². The molecule has 208 valence electrons. The number of hydrogen-bond acceptors (Lipinski definition) is 7. The number of ether oxygens (including phenoxy) is 2. The summed E-state index contributed by atoms with van der Waals surface area (Å²) in [5, 5.41) is 21.2. The predicted octanol–water partition coefficient (Wildman–Crippen LogP) is 4.42. The molecule has 8 nitrogen and oxygen atoms in total. The number of amides is 1. The SMILES string of the molecule is Cc1ccccc1COc1ccc(C(O)=C2C(=O)C(=O)N(CCCN3CCOCC3)[C@@H]2c2ccc(O)cc2)cc1. The van der Waals surface area contributed by atoms with Crippen LogP contribution in [0.5, 0.6) is 11.5 Å².